The zero-order valence-corrected chi connectivity index (χ0v) is 14.9. The Morgan fingerprint density at radius 1 is 1.30 bits per heavy atom. The van der Waals surface area contributed by atoms with Crippen molar-refractivity contribution in [2.75, 3.05) is 33.9 Å². The average molecular weight is 343 g/mol. The van der Waals surface area contributed by atoms with Gasteiger partial charge in [0.15, 0.2) is 0 Å². The van der Waals surface area contributed by atoms with E-state index in [2.05, 4.69) is 16.7 Å². The molecule has 1 amide bonds. The number of amides is 1. The van der Waals surface area contributed by atoms with Crippen LogP contribution in [0.15, 0.2) is 18.2 Å². The highest BCUT2D eigenvalue weighted by atomic mass is 35.5. The third-order valence-electron chi connectivity index (χ3n) is 4.39. The second-order valence-corrected chi connectivity index (χ2v) is 5.76. The Morgan fingerprint density at radius 2 is 2.00 bits per heavy atom. The quantitative estimate of drug-likeness (QED) is 0.828. The molecule has 5 nitrogen and oxygen atoms in total. The van der Waals surface area contributed by atoms with Crippen LogP contribution in [0.5, 0.6) is 5.75 Å². The normalized spacial score (nSPS) is 16.3. The molecule has 130 valence electrons. The fraction of sp³-hybridized carbons (Fsp3) is 0.588. The second-order valence-electron chi connectivity index (χ2n) is 5.76. The molecule has 1 saturated heterocycles. The van der Waals surface area contributed by atoms with Crippen molar-refractivity contribution in [3.63, 3.8) is 0 Å². The molecule has 1 aromatic rings. The van der Waals surface area contributed by atoms with E-state index in [0.29, 0.717) is 19.4 Å². The van der Waals surface area contributed by atoms with Crippen LogP contribution in [0.1, 0.15) is 24.0 Å². The third-order valence-corrected chi connectivity index (χ3v) is 4.39. The number of carbonyl (C=O) groups is 1. The highest BCUT2D eigenvalue weighted by molar-refractivity contribution is 5.85. The Balaban J connectivity index is 0.00000264. The predicted octanol–water partition coefficient (Wildman–Crippen LogP) is 1.85. The average Bonchev–Trinajstić information content (AvgIpc) is 2.56. The zero-order valence-electron chi connectivity index (χ0n) is 14.1. The van der Waals surface area contributed by atoms with Crippen LogP contribution in [-0.2, 0) is 16.0 Å². The van der Waals surface area contributed by atoms with Gasteiger partial charge in [-0.15, -0.1) is 12.4 Å². The van der Waals surface area contributed by atoms with E-state index in [0.717, 1.165) is 36.4 Å². The standard InChI is InChI=1S/C17H26N2O3.ClH/c1-13-4-5-14(12-15(13)21-2)6-9-19-16(20)17(22-3)7-10-18-11-8-17;/h4-5,12,18H,6-11H2,1-3H3,(H,19,20);1H. The van der Waals surface area contributed by atoms with Gasteiger partial charge in [-0.25, -0.2) is 0 Å². The Kier molecular flexibility index (Phi) is 7.82. The van der Waals surface area contributed by atoms with Crippen molar-refractivity contribution in [2.24, 2.45) is 0 Å². The molecule has 0 spiro atoms. The van der Waals surface area contributed by atoms with Gasteiger partial charge in [-0.2, -0.15) is 0 Å². The van der Waals surface area contributed by atoms with E-state index in [9.17, 15) is 4.79 Å². The summed E-state index contributed by atoms with van der Waals surface area (Å²) < 4.78 is 10.9. The van der Waals surface area contributed by atoms with Crippen molar-refractivity contribution >= 4 is 18.3 Å². The molecule has 1 aliphatic heterocycles. The van der Waals surface area contributed by atoms with Gasteiger partial charge in [-0.3, -0.25) is 4.79 Å². The molecule has 1 aromatic carbocycles. The van der Waals surface area contributed by atoms with Crippen LogP contribution in [0.2, 0.25) is 0 Å². The number of nitrogens with one attached hydrogen (secondary N) is 2. The number of carbonyl (C=O) groups excluding carboxylic acids is 1. The number of halogens is 1. The van der Waals surface area contributed by atoms with E-state index in [1.54, 1.807) is 14.2 Å². The molecule has 6 heteroatoms. The summed E-state index contributed by atoms with van der Waals surface area (Å²) in [5.74, 6) is 0.881. The maximum Gasteiger partial charge on any atom is 0.252 e. The first kappa shape index (κ1) is 19.7. The van der Waals surface area contributed by atoms with E-state index >= 15 is 0 Å². The summed E-state index contributed by atoms with van der Waals surface area (Å²) >= 11 is 0. The van der Waals surface area contributed by atoms with Gasteiger partial charge < -0.3 is 20.1 Å². The molecule has 0 unspecified atom stereocenters. The summed E-state index contributed by atoms with van der Waals surface area (Å²) in [6.07, 6.45) is 2.21. The maximum absolute atomic E-state index is 12.4. The van der Waals surface area contributed by atoms with Gasteiger partial charge in [0.1, 0.15) is 11.4 Å². The first-order valence-corrected chi connectivity index (χ1v) is 7.79. The molecule has 0 saturated carbocycles. The lowest BCUT2D eigenvalue weighted by molar-refractivity contribution is -0.146. The Morgan fingerprint density at radius 3 is 2.61 bits per heavy atom. The minimum absolute atomic E-state index is 0. The van der Waals surface area contributed by atoms with E-state index in [-0.39, 0.29) is 18.3 Å². The van der Waals surface area contributed by atoms with Crippen LogP contribution in [0.25, 0.3) is 0 Å². The largest absolute Gasteiger partial charge is 0.496 e. The predicted molar refractivity (Wildman–Crippen MR) is 93.5 cm³/mol. The number of ether oxygens (including phenoxy) is 2. The second kappa shape index (κ2) is 9.11. The lowest BCUT2D eigenvalue weighted by Crippen LogP contribution is -2.54. The van der Waals surface area contributed by atoms with Crippen molar-refractivity contribution < 1.29 is 14.3 Å². The molecule has 0 atom stereocenters. The van der Waals surface area contributed by atoms with Crippen LogP contribution >= 0.6 is 12.4 Å². The molecule has 2 rings (SSSR count). The molecule has 23 heavy (non-hydrogen) atoms. The monoisotopic (exact) mass is 342 g/mol. The zero-order chi connectivity index (χ0) is 16.0. The molecule has 0 aromatic heterocycles. The molecule has 1 aliphatic rings. The summed E-state index contributed by atoms with van der Waals surface area (Å²) in [6.45, 7) is 4.25. The van der Waals surface area contributed by atoms with Crippen molar-refractivity contribution in [1.82, 2.24) is 10.6 Å². The Labute approximate surface area is 144 Å². The van der Waals surface area contributed by atoms with Gasteiger partial charge in [-0.05, 0) is 56.5 Å². The summed E-state index contributed by atoms with van der Waals surface area (Å²) in [7, 11) is 3.29. The number of hydrogen-bond donors (Lipinski definition) is 2. The maximum atomic E-state index is 12.4. The van der Waals surface area contributed by atoms with Gasteiger partial charge in [0.2, 0.25) is 0 Å². The summed E-state index contributed by atoms with van der Waals surface area (Å²) in [5.41, 5.74) is 1.60. The number of methoxy groups -OCH3 is 2. The van der Waals surface area contributed by atoms with Crippen LogP contribution in [0, 0.1) is 6.92 Å². The molecule has 0 aliphatic carbocycles. The van der Waals surface area contributed by atoms with Crippen molar-refractivity contribution in [3.05, 3.63) is 29.3 Å². The lowest BCUT2D eigenvalue weighted by Gasteiger charge is -2.34. The van der Waals surface area contributed by atoms with Crippen molar-refractivity contribution in [1.29, 1.82) is 0 Å². The highest BCUT2D eigenvalue weighted by Crippen LogP contribution is 2.23. The lowest BCUT2D eigenvalue weighted by atomic mass is 9.91. The van der Waals surface area contributed by atoms with Crippen LogP contribution in [0.3, 0.4) is 0 Å². The summed E-state index contributed by atoms with van der Waals surface area (Å²) in [4.78, 5) is 12.4. The Hall–Kier alpha value is -1.30. The van der Waals surface area contributed by atoms with Gasteiger partial charge in [0.25, 0.3) is 5.91 Å². The van der Waals surface area contributed by atoms with Crippen LogP contribution in [-0.4, -0.2) is 45.4 Å². The molecule has 0 radical (unpaired) electrons. The van der Waals surface area contributed by atoms with Gasteiger partial charge >= 0.3 is 0 Å². The minimum atomic E-state index is -0.670. The smallest absolute Gasteiger partial charge is 0.252 e. The minimum Gasteiger partial charge on any atom is -0.496 e. The fourth-order valence-corrected chi connectivity index (χ4v) is 2.86. The molecular formula is C17H27ClN2O3. The third kappa shape index (κ3) is 4.83. The molecule has 0 bridgehead atoms. The van der Waals surface area contributed by atoms with Crippen molar-refractivity contribution in [3.8, 4) is 5.75 Å². The highest BCUT2D eigenvalue weighted by Gasteiger charge is 2.39. The number of benzene rings is 1. The number of piperidine rings is 1. The van der Waals surface area contributed by atoms with E-state index in [1.165, 1.54) is 0 Å². The summed E-state index contributed by atoms with van der Waals surface area (Å²) in [5, 5.41) is 6.27. The fourth-order valence-electron chi connectivity index (χ4n) is 2.86. The van der Waals surface area contributed by atoms with Gasteiger partial charge in [0, 0.05) is 13.7 Å². The van der Waals surface area contributed by atoms with Crippen LogP contribution < -0.4 is 15.4 Å². The van der Waals surface area contributed by atoms with Gasteiger partial charge in [0.05, 0.1) is 7.11 Å². The van der Waals surface area contributed by atoms with Gasteiger partial charge in [-0.1, -0.05) is 12.1 Å². The number of hydrogen-bond acceptors (Lipinski definition) is 4. The molecule has 2 N–H and O–H groups in total. The van der Waals surface area contributed by atoms with E-state index < -0.39 is 5.60 Å². The molecule has 1 heterocycles. The van der Waals surface area contributed by atoms with Crippen molar-refractivity contribution in [2.45, 2.75) is 31.8 Å². The Bertz CT molecular complexity index is 517. The number of rotatable bonds is 6. The van der Waals surface area contributed by atoms with E-state index in [4.69, 9.17) is 9.47 Å². The van der Waals surface area contributed by atoms with Crippen LogP contribution in [0.4, 0.5) is 0 Å². The topological polar surface area (TPSA) is 59.6 Å². The molecule has 1 fully saturated rings. The number of aryl methyl sites for hydroxylation is 1. The molecular weight excluding hydrogens is 316 g/mol. The summed E-state index contributed by atoms with van der Waals surface area (Å²) in [6, 6.07) is 6.14. The van der Waals surface area contributed by atoms with E-state index in [1.807, 2.05) is 19.1 Å². The first-order valence-electron chi connectivity index (χ1n) is 7.79. The SMILES string of the molecule is COc1cc(CCNC(=O)C2(OC)CCNCC2)ccc1C.Cl. The first-order chi connectivity index (χ1) is 10.6.